The zero-order valence-corrected chi connectivity index (χ0v) is 14.9. The van der Waals surface area contributed by atoms with E-state index in [1.807, 2.05) is 54.6 Å². The van der Waals surface area contributed by atoms with Gasteiger partial charge >= 0.3 is 0 Å². The molecule has 2 amide bonds. The average molecular weight is 360 g/mol. The number of rotatable bonds is 6. The Balaban J connectivity index is 1.70. The van der Waals surface area contributed by atoms with Crippen molar-refractivity contribution < 1.29 is 14.3 Å². The number of hydrogen-bond acceptors (Lipinski definition) is 3. The summed E-state index contributed by atoms with van der Waals surface area (Å²) in [6, 6.07) is 24.2. The first-order chi connectivity index (χ1) is 13.2. The van der Waals surface area contributed by atoms with E-state index >= 15 is 0 Å². The predicted octanol–water partition coefficient (Wildman–Crippen LogP) is 3.73. The molecule has 0 fully saturated rings. The number of amides is 2. The van der Waals surface area contributed by atoms with E-state index in [0.717, 1.165) is 11.1 Å². The second-order valence-electron chi connectivity index (χ2n) is 5.88. The monoisotopic (exact) mass is 360 g/mol. The Hall–Kier alpha value is -3.60. The number of hydrogen-bond donors (Lipinski definition) is 2. The molecule has 0 aliphatic heterocycles. The molecule has 0 heterocycles. The van der Waals surface area contributed by atoms with Crippen LogP contribution in [0.3, 0.4) is 0 Å². The highest BCUT2D eigenvalue weighted by Crippen LogP contribution is 2.26. The quantitative estimate of drug-likeness (QED) is 0.704. The molecule has 0 aliphatic carbocycles. The van der Waals surface area contributed by atoms with Crippen molar-refractivity contribution in [2.24, 2.45) is 0 Å². The minimum Gasteiger partial charge on any atom is -0.496 e. The van der Waals surface area contributed by atoms with Crippen LogP contribution in [0.1, 0.15) is 10.4 Å². The fourth-order valence-corrected chi connectivity index (χ4v) is 2.68. The fraction of sp³-hybridized carbons (Fsp3) is 0.0909. The molecular formula is C22H20N2O3. The first-order valence-electron chi connectivity index (χ1n) is 8.54. The van der Waals surface area contributed by atoms with Crippen LogP contribution in [0.25, 0.3) is 11.1 Å². The maximum Gasteiger partial charge on any atom is 0.255 e. The standard InChI is InChI=1S/C22H20N2O3/c1-27-20-13-12-17(16-8-4-2-5-9-16)14-19(20)22(26)23-15-21(25)24-18-10-6-3-7-11-18/h2-14H,15H2,1H3,(H,23,26)(H,24,25). The molecule has 0 radical (unpaired) electrons. The van der Waals surface area contributed by atoms with Crippen LogP contribution in [0.2, 0.25) is 0 Å². The van der Waals surface area contributed by atoms with Crippen LogP contribution in [0.15, 0.2) is 78.9 Å². The summed E-state index contributed by atoms with van der Waals surface area (Å²) in [6.45, 7) is -0.132. The largest absolute Gasteiger partial charge is 0.496 e. The van der Waals surface area contributed by atoms with Gasteiger partial charge in [0.2, 0.25) is 5.91 Å². The molecule has 0 atom stereocenters. The average Bonchev–Trinajstić information content (AvgIpc) is 2.73. The number of carbonyl (C=O) groups is 2. The number of nitrogens with one attached hydrogen (secondary N) is 2. The number of carbonyl (C=O) groups excluding carboxylic acids is 2. The van der Waals surface area contributed by atoms with Gasteiger partial charge in [0.15, 0.2) is 0 Å². The van der Waals surface area contributed by atoms with E-state index in [9.17, 15) is 9.59 Å². The normalized spacial score (nSPS) is 10.1. The zero-order chi connectivity index (χ0) is 19.1. The summed E-state index contributed by atoms with van der Waals surface area (Å²) < 4.78 is 5.30. The van der Waals surface area contributed by atoms with Crippen LogP contribution >= 0.6 is 0 Å². The molecule has 0 saturated heterocycles. The molecule has 3 aromatic carbocycles. The molecule has 5 nitrogen and oxygen atoms in total. The van der Waals surface area contributed by atoms with Crippen molar-refractivity contribution in [2.75, 3.05) is 19.0 Å². The SMILES string of the molecule is COc1ccc(-c2ccccc2)cc1C(=O)NCC(=O)Nc1ccccc1. The molecular weight excluding hydrogens is 340 g/mol. The van der Waals surface area contributed by atoms with Gasteiger partial charge in [0, 0.05) is 5.69 Å². The number of benzene rings is 3. The Bertz CT molecular complexity index is 925. The van der Waals surface area contributed by atoms with Crippen molar-refractivity contribution in [1.82, 2.24) is 5.32 Å². The first-order valence-corrected chi connectivity index (χ1v) is 8.54. The summed E-state index contributed by atoms with van der Waals surface area (Å²) >= 11 is 0. The number of ether oxygens (including phenoxy) is 1. The summed E-state index contributed by atoms with van der Waals surface area (Å²) in [6.07, 6.45) is 0. The van der Waals surface area contributed by atoms with Gasteiger partial charge in [-0.25, -0.2) is 0 Å². The third-order valence-electron chi connectivity index (χ3n) is 4.02. The van der Waals surface area contributed by atoms with Crippen molar-refractivity contribution >= 4 is 17.5 Å². The van der Waals surface area contributed by atoms with Crippen molar-refractivity contribution in [3.63, 3.8) is 0 Å². The first kappa shape index (κ1) is 18.2. The van der Waals surface area contributed by atoms with Crippen LogP contribution in [0.5, 0.6) is 5.75 Å². The fourth-order valence-electron chi connectivity index (χ4n) is 2.68. The second kappa shape index (κ2) is 8.67. The van der Waals surface area contributed by atoms with Gasteiger partial charge < -0.3 is 15.4 Å². The topological polar surface area (TPSA) is 67.4 Å². The van der Waals surface area contributed by atoms with Crippen molar-refractivity contribution in [3.05, 3.63) is 84.4 Å². The molecule has 0 bridgehead atoms. The van der Waals surface area contributed by atoms with E-state index in [0.29, 0.717) is 17.0 Å². The predicted molar refractivity (Wildman–Crippen MR) is 106 cm³/mol. The number of methoxy groups -OCH3 is 1. The summed E-state index contributed by atoms with van der Waals surface area (Å²) in [5.41, 5.74) is 2.96. The van der Waals surface area contributed by atoms with E-state index in [1.165, 1.54) is 7.11 Å². The maximum atomic E-state index is 12.6. The lowest BCUT2D eigenvalue weighted by Gasteiger charge is -2.12. The smallest absolute Gasteiger partial charge is 0.255 e. The molecule has 0 aliphatic rings. The molecule has 0 saturated carbocycles. The number of para-hydroxylation sites is 1. The van der Waals surface area contributed by atoms with Crippen LogP contribution in [0, 0.1) is 0 Å². The summed E-state index contributed by atoms with van der Waals surface area (Å²) in [7, 11) is 1.51. The van der Waals surface area contributed by atoms with E-state index in [2.05, 4.69) is 10.6 Å². The molecule has 2 N–H and O–H groups in total. The van der Waals surface area contributed by atoms with Crippen LogP contribution in [0.4, 0.5) is 5.69 Å². The van der Waals surface area contributed by atoms with E-state index in [1.54, 1.807) is 24.3 Å². The lowest BCUT2D eigenvalue weighted by molar-refractivity contribution is -0.115. The highest BCUT2D eigenvalue weighted by atomic mass is 16.5. The minimum absolute atomic E-state index is 0.132. The van der Waals surface area contributed by atoms with E-state index in [4.69, 9.17) is 4.74 Å². The molecule has 3 aromatic rings. The third-order valence-corrected chi connectivity index (χ3v) is 4.02. The van der Waals surface area contributed by atoms with Gasteiger partial charge in [0.1, 0.15) is 5.75 Å². The third kappa shape index (κ3) is 4.73. The molecule has 0 aromatic heterocycles. The Labute approximate surface area is 158 Å². The molecule has 0 unspecified atom stereocenters. The Morgan fingerprint density at radius 1 is 0.852 bits per heavy atom. The van der Waals surface area contributed by atoms with E-state index in [-0.39, 0.29) is 18.4 Å². The van der Waals surface area contributed by atoms with Gasteiger partial charge in [-0.2, -0.15) is 0 Å². The van der Waals surface area contributed by atoms with Crippen LogP contribution < -0.4 is 15.4 Å². The van der Waals surface area contributed by atoms with Gasteiger partial charge in [-0.05, 0) is 35.4 Å². The second-order valence-corrected chi connectivity index (χ2v) is 5.88. The van der Waals surface area contributed by atoms with Gasteiger partial charge in [0.05, 0.1) is 19.2 Å². The molecule has 27 heavy (non-hydrogen) atoms. The van der Waals surface area contributed by atoms with Crippen LogP contribution in [-0.2, 0) is 4.79 Å². The van der Waals surface area contributed by atoms with Crippen molar-refractivity contribution in [1.29, 1.82) is 0 Å². The van der Waals surface area contributed by atoms with Gasteiger partial charge in [-0.3, -0.25) is 9.59 Å². The summed E-state index contributed by atoms with van der Waals surface area (Å²) in [4.78, 5) is 24.6. The number of anilines is 1. The lowest BCUT2D eigenvalue weighted by atomic mass is 10.0. The zero-order valence-electron chi connectivity index (χ0n) is 14.9. The van der Waals surface area contributed by atoms with Crippen molar-refractivity contribution in [2.45, 2.75) is 0 Å². The Kier molecular flexibility index (Phi) is 5.84. The van der Waals surface area contributed by atoms with E-state index < -0.39 is 0 Å². The van der Waals surface area contributed by atoms with Gasteiger partial charge in [0.25, 0.3) is 5.91 Å². The molecule has 3 rings (SSSR count). The lowest BCUT2D eigenvalue weighted by Crippen LogP contribution is -2.33. The molecule has 136 valence electrons. The van der Waals surface area contributed by atoms with Gasteiger partial charge in [-0.1, -0.05) is 54.6 Å². The Morgan fingerprint density at radius 3 is 2.19 bits per heavy atom. The molecule has 0 spiro atoms. The Morgan fingerprint density at radius 2 is 1.52 bits per heavy atom. The molecule has 5 heteroatoms. The maximum absolute atomic E-state index is 12.6. The minimum atomic E-state index is -0.368. The van der Waals surface area contributed by atoms with Crippen molar-refractivity contribution in [3.8, 4) is 16.9 Å². The van der Waals surface area contributed by atoms with Gasteiger partial charge in [-0.15, -0.1) is 0 Å². The summed E-state index contributed by atoms with van der Waals surface area (Å²) in [5.74, 6) is -0.212. The van der Waals surface area contributed by atoms with Crippen LogP contribution in [-0.4, -0.2) is 25.5 Å². The summed E-state index contributed by atoms with van der Waals surface area (Å²) in [5, 5.41) is 5.37. The highest BCUT2D eigenvalue weighted by molar-refractivity contribution is 6.01. The highest BCUT2D eigenvalue weighted by Gasteiger charge is 2.15.